The van der Waals surface area contributed by atoms with Gasteiger partial charge in [0.15, 0.2) is 0 Å². The van der Waals surface area contributed by atoms with Crippen molar-refractivity contribution in [2.24, 2.45) is 11.3 Å². The van der Waals surface area contributed by atoms with E-state index in [2.05, 4.69) is 34.6 Å². The Kier molecular flexibility index (Phi) is 6.25. The summed E-state index contributed by atoms with van der Waals surface area (Å²) >= 11 is 0. The van der Waals surface area contributed by atoms with Crippen LogP contribution in [0, 0.1) is 11.3 Å². The van der Waals surface area contributed by atoms with Crippen molar-refractivity contribution in [1.29, 1.82) is 0 Å². The monoisotopic (exact) mass is 290 g/mol. The first kappa shape index (κ1) is 17.5. The van der Waals surface area contributed by atoms with E-state index in [1.165, 1.54) is 0 Å². The number of benzene rings is 1. The van der Waals surface area contributed by atoms with Crippen molar-refractivity contribution in [2.45, 2.75) is 54.0 Å². The zero-order chi connectivity index (χ0) is 16.0. The minimum Gasteiger partial charge on any atom is -0.399 e. The lowest BCUT2D eigenvalue weighted by Gasteiger charge is -2.30. The van der Waals surface area contributed by atoms with Crippen molar-refractivity contribution in [3.63, 3.8) is 0 Å². The molecule has 0 aromatic heterocycles. The van der Waals surface area contributed by atoms with Gasteiger partial charge >= 0.3 is 0 Å². The summed E-state index contributed by atoms with van der Waals surface area (Å²) in [7, 11) is 0. The van der Waals surface area contributed by atoms with Crippen LogP contribution < -0.4 is 5.73 Å². The van der Waals surface area contributed by atoms with Crippen LogP contribution in [-0.2, 0) is 11.3 Å². The summed E-state index contributed by atoms with van der Waals surface area (Å²) in [6.07, 6.45) is 1.57. The van der Waals surface area contributed by atoms with Gasteiger partial charge in [-0.3, -0.25) is 4.79 Å². The van der Waals surface area contributed by atoms with Crippen LogP contribution in [0.15, 0.2) is 24.3 Å². The Morgan fingerprint density at radius 1 is 1.33 bits per heavy atom. The summed E-state index contributed by atoms with van der Waals surface area (Å²) in [6, 6.07) is 7.79. The fourth-order valence-corrected chi connectivity index (χ4v) is 2.17. The molecule has 0 aliphatic heterocycles. The Balaban J connectivity index is 2.74. The molecule has 0 aliphatic carbocycles. The average Bonchev–Trinajstić information content (AvgIpc) is 2.37. The van der Waals surface area contributed by atoms with Gasteiger partial charge in [-0.2, -0.15) is 0 Å². The van der Waals surface area contributed by atoms with E-state index in [9.17, 15) is 4.79 Å². The zero-order valence-electron chi connectivity index (χ0n) is 14.1. The second-order valence-corrected chi connectivity index (χ2v) is 7.03. The maximum atomic E-state index is 12.6. The first-order valence-corrected chi connectivity index (χ1v) is 7.86. The number of anilines is 1. The minimum atomic E-state index is 0.157. The van der Waals surface area contributed by atoms with E-state index in [1.807, 2.05) is 29.2 Å². The lowest BCUT2D eigenvalue weighted by atomic mass is 9.80. The van der Waals surface area contributed by atoms with Crippen LogP contribution >= 0.6 is 0 Å². The number of nitrogens with zero attached hydrogens (tertiary/aromatic N) is 1. The molecule has 0 bridgehead atoms. The van der Waals surface area contributed by atoms with Crippen molar-refractivity contribution in [3.05, 3.63) is 29.8 Å². The third kappa shape index (κ3) is 5.78. The van der Waals surface area contributed by atoms with Crippen LogP contribution in [0.4, 0.5) is 5.69 Å². The molecule has 0 saturated heterocycles. The van der Waals surface area contributed by atoms with Crippen molar-refractivity contribution in [1.82, 2.24) is 4.90 Å². The molecule has 3 heteroatoms. The molecule has 0 saturated carbocycles. The number of hydrogen-bond donors (Lipinski definition) is 1. The lowest BCUT2D eigenvalue weighted by molar-refractivity contribution is -0.133. The summed E-state index contributed by atoms with van der Waals surface area (Å²) in [4.78, 5) is 14.5. The number of amides is 1. The molecule has 21 heavy (non-hydrogen) atoms. The molecular formula is C18H30N2O. The number of hydrogen-bond acceptors (Lipinski definition) is 2. The van der Waals surface area contributed by atoms with Gasteiger partial charge in [0.2, 0.25) is 5.91 Å². The summed E-state index contributed by atoms with van der Waals surface area (Å²) in [5.41, 5.74) is 7.82. The lowest BCUT2D eigenvalue weighted by Crippen LogP contribution is -2.34. The largest absolute Gasteiger partial charge is 0.399 e. The molecule has 0 radical (unpaired) electrons. The van der Waals surface area contributed by atoms with Crippen LogP contribution in [-0.4, -0.2) is 17.4 Å². The van der Waals surface area contributed by atoms with E-state index in [-0.39, 0.29) is 11.3 Å². The fraction of sp³-hybridized carbons (Fsp3) is 0.611. The van der Waals surface area contributed by atoms with E-state index in [0.717, 1.165) is 24.2 Å². The minimum absolute atomic E-state index is 0.157. The Bertz CT molecular complexity index is 463. The highest BCUT2D eigenvalue weighted by molar-refractivity contribution is 5.76. The number of nitrogen functional groups attached to an aromatic ring is 1. The Hall–Kier alpha value is -1.51. The van der Waals surface area contributed by atoms with Gasteiger partial charge in [0.05, 0.1) is 0 Å². The van der Waals surface area contributed by atoms with Gasteiger partial charge in [0.1, 0.15) is 0 Å². The van der Waals surface area contributed by atoms with Crippen LogP contribution in [0.5, 0.6) is 0 Å². The molecule has 1 aromatic carbocycles. The van der Waals surface area contributed by atoms with Crippen LogP contribution in [0.3, 0.4) is 0 Å². The maximum Gasteiger partial charge on any atom is 0.223 e. The third-order valence-corrected chi connectivity index (χ3v) is 4.13. The molecule has 1 aromatic rings. The molecular weight excluding hydrogens is 260 g/mol. The van der Waals surface area contributed by atoms with E-state index in [1.54, 1.807) is 0 Å². The topological polar surface area (TPSA) is 46.3 Å². The Labute approximate surface area is 129 Å². The predicted octanol–water partition coefficient (Wildman–Crippen LogP) is 4.08. The predicted molar refractivity (Wildman–Crippen MR) is 89.8 cm³/mol. The van der Waals surface area contributed by atoms with Crippen molar-refractivity contribution in [2.75, 3.05) is 12.3 Å². The summed E-state index contributed by atoms with van der Waals surface area (Å²) < 4.78 is 0. The highest BCUT2D eigenvalue weighted by Gasteiger charge is 2.24. The van der Waals surface area contributed by atoms with E-state index < -0.39 is 0 Å². The third-order valence-electron chi connectivity index (χ3n) is 4.13. The smallest absolute Gasteiger partial charge is 0.223 e. The van der Waals surface area contributed by atoms with Gasteiger partial charge in [-0.25, -0.2) is 0 Å². The molecule has 3 nitrogen and oxygen atoms in total. The number of carbonyl (C=O) groups is 1. The number of rotatable bonds is 6. The molecule has 0 heterocycles. The molecule has 1 atom stereocenters. The van der Waals surface area contributed by atoms with Gasteiger partial charge in [-0.15, -0.1) is 0 Å². The highest BCUT2D eigenvalue weighted by atomic mass is 16.2. The molecule has 118 valence electrons. The van der Waals surface area contributed by atoms with Gasteiger partial charge in [0.25, 0.3) is 0 Å². The number of carbonyl (C=O) groups excluding carboxylic acids is 1. The quantitative estimate of drug-likeness (QED) is 0.802. The van der Waals surface area contributed by atoms with Gasteiger partial charge in [-0.1, -0.05) is 46.8 Å². The highest BCUT2D eigenvalue weighted by Crippen LogP contribution is 2.28. The molecule has 1 amide bonds. The molecule has 2 N–H and O–H groups in total. The first-order valence-electron chi connectivity index (χ1n) is 7.86. The number of nitrogens with two attached hydrogens (primary N) is 1. The fourth-order valence-electron chi connectivity index (χ4n) is 2.17. The standard InChI is InChI=1S/C18H30N2O/c1-6-10-20(13-15-8-7-9-16(19)12-15)17(21)11-14(2)18(3,4)5/h7-9,12,14H,6,10-11,13,19H2,1-5H3. The molecule has 1 rings (SSSR count). The van der Waals surface area contributed by atoms with Crippen LogP contribution in [0.2, 0.25) is 0 Å². The first-order chi connectivity index (χ1) is 9.74. The Morgan fingerprint density at radius 2 is 2.00 bits per heavy atom. The SMILES string of the molecule is CCCN(Cc1cccc(N)c1)C(=O)CC(C)C(C)(C)C. The van der Waals surface area contributed by atoms with Crippen molar-refractivity contribution >= 4 is 11.6 Å². The van der Waals surface area contributed by atoms with E-state index >= 15 is 0 Å². The molecule has 0 spiro atoms. The second kappa shape index (κ2) is 7.48. The second-order valence-electron chi connectivity index (χ2n) is 7.03. The van der Waals surface area contributed by atoms with Crippen LogP contribution in [0.25, 0.3) is 0 Å². The normalized spacial score (nSPS) is 13.0. The van der Waals surface area contributed by atoms with Gasteiger partial charge in [-0.05, 0) is 35.4 Å². The summed E-state index contributed by atoms with van der Waals surface area (Å²) in [5, 5.41) is 0. The van der Waals surface area contributed by atoms with Gasteiger partial charge < -0.3 is 10.6 Å². The van der Waals surface area contributed by atoms with E-state index in [0.29, 0.717) is 18.9 Å². The van der Waals surface area contributed by atoms with E-state index in [4.69, 9.17) is 5.73 Å². The van der Waals surface area contributed by atoms with Crippen LogP contribution in [0.1, 0.15) is 53.0 Å². The molecule has 1 unspecified atom stereocenters. The zero-order valence-corrected chi connectivity index (χ0v) is 14.1. The summed E-state index contributed by atoms with van der Waals surface area (Å²) in [6.45, 7) is 12.3. The van der Waals surface area contributed by atoms with Crippen molar-refractivity contribution in [3.8, 4) is 0 Å². The molecule has 0 fully saturated rings. The summed E-state index contributed by atoms with van der Waals surface area (Å²) in [5.74, 6) is 0.604. The van der Waals surface area contributed by atoms with Gasteiger partial charge in [0, 0.05) is 25.2 Å². The Morgan fingerprint density at radius 3 is 2.52 bits per heavy atom. The average molecular weight is 290 g/mol. The maximum absolute atomic E-state index is 12.6. The van der Waals surface area contributed by atoms with Crippen molar-refractivity contribution < 1.29 is 4.79 Å². The molecule has 0 aliphatic rings.